The number of hydrogen-bond acceptors (Lipinski definition) is 3. The Bertz CT molecular complexity index is 471. The minimum Gasteiger partial charge on any atom is -0.371 e. The van der Waals surface area contributed by atoms with Crippen molar-refractivity contribution in [1.29, 1.82) is 5.26 Å². The molecule has 19 heavy (non-hydrogen) atoms. The van der Waals surface area contributed by atoms with Crippen LogP contribution in [0.15, 0.2) is 18.2 Å². The molecule has 0 spiro atoms. The third-order valence-electron chi connectivity index (χ3n) is 4.06. The van der Waals surface area contributed by atoms with Gasteiger partial charge in [-0.2, -0.15) is 5.26 Å². The molecule has 3 heteroatoms. The molecule has 1 fully saturated rings. The van der Waals surface area contributed by atoms with Crippen LogP contribution in [0.5, 0.6) is 0 Å². The fourth-order valence-electron chi connectivity index (χ4n) is 2.47. The van der Waals surface area contributed by atoms with Gasteiger partial charge in [0.15, 0.2) is 0 Å². The van der Waals surface area contributed by atoms with Gasteiger partial charge >= 0.3 is 0 Å². The number of hydrogen-bond donors (Lipinski definition) is 1. The molecule has 0 aromatic heterocycles. The lowest BCUT2D eigenvalue weighted by atomic mass is 10.1. The SMILES string of the molecule is CCNCc1ccc(N(C)C(C)C2CC2)c(C#N)c1. The topological polar surface area (TPSA) is 39.1 Å². The molecule has 1 atom stereocenters. The molecule has 2 rings (SSSR count). The molecule has 0 saturated heterocycles. The Morgan fingerprint density at radius 1 is 1.47 bits per heavy atom. The zero-order chi connectivity index (χ0) is 13.8. The van der Waals surface area contributed by atoms with Gasteiger partial charge < -0.3 is 10.2 Å². The molecule has 1 unspecified atom stereocenters. The largest absolute Gasteiger partial charge is 0.371 e. The maximum atomic E-state index is 9.36. The summed E-state index contributed by atoms with van der Waals surface area (Å²) in [6, 6.07) is 9.07. The standard InChI is InChI=1S/C16H23N3/c1-4-18-11-13-5-8-16(15(9-13)10-17)19(3)12(2)14-6-7-14/h5,8-9,12,14,18H,4,6-7,11H2,1-3H3. The van der Waals surface area contributed by atoms with Crippen molar-refractivity contribution in [3.8, 4) is 6.07 Å². The molecule has 1 aromatic rings. The lowest BCUT2D eigenvalue weighted by Crippen LogP contribution is -2.31. The smallest absolute Gasteiger partial charge is 0.101 e. The van der Waals surface area contributed by atoms with Gasteiger partial charge in [-0.05, 0) is 49.9 Å². The highest BCUT2D eigenvalue weighted by atomic mass is 15.1. The van der Waals surface area contributed by atoms with Gasteiger partial charge in [-0.15, -0.1) is 0 Å². The van der Waals surface area contributed by atoms with Crippen molar-refractivity contribution >= 4 is 5.69 Å². The lowest BCUT2D eigenvalue weighted by molar-refractivity contribution is 0.608. The van der Waals surface area contributed by atoms with Gasteiger partial charge in [0.05, 0.1) is 11.3 Å². The molecule has 0 bridgehead atoms. The van der Waals surface area contributed by atoms with Crippen LogP contribution in [-0.4, -0.2) is 19.6 Å². The van der Waals surface area contributed by atoms with Gasteiger partial charge in [-0.25, -0.2) is 0 Å². The predicted octanol–water partition coefficient (Wildman–Crippen LogP) is 2.90. The molecule has 1 saturated carbocycles. The summed E-state index contributed by atoms with van der Waals surface area (Å²) in [4.78, 5) is 2.26. The van der Waals surface area contributed by atoms with Crippen LogP contribution in [0.2, 0.25) is 0 Å². The van der Waals surface area contributed by atoms with E-state index in [4.69, 9.17) is 0 Å². The first-order valence-corrected chi connectivity index (χ1v) is 7.14. The normalized spacial score (nSPS) is 15.9. The van der Waals surface area contributed by atoms with Crippen molar-refractivity contribution < 1.29 is 0 Å². The summed E-state index contributed by atoms with van der Waals surface area (Å²) in [6.45, 7) is 6.12. The molecule has 0 aliphatic heterocycles. The average molecular weight is 257 g/mol. The third kappa shape index (κ3) is 3.27. The second kappa shape index (κ2) is 6.08. The van der Waals surface area contributed by atoms with Crippen LogP contribution in [0.1, 0.15) is 37.8 Å². The first kappa shape index (κ1) is 13.9. The number of nitrogens with one attached hydrogen (secondary N) is 1. The van der Waals surface area contributed by atoms with Crippen molar-refractivity contribution in [3.05, 3.63) is 29.3 Å². The molecule has 1 N–H and O–H groups in total. The van der Waals surface area contributed by atoms with E-state index in [1.807, 2.05) is 6.07 Å². The van der Waals surface area contributed by atoms with Crippen LogP contribution < -0.4 is 10.2 Å². The quantitative estimate of drug-likeness (QED) is 0.851. The minimum absolute atomic E-state index is 0.520. The second-order valence-electron chi connectivity index (χ2n) is 5.43. The second-order valence-corrected chi connectivity index (χ2v) is 5.43. The van der Waals surface area contributed by atoms with Crippen molar-refractivity contribution in [3.63, 3.8) is 0 Å². The van der Waals surface area contributed by atoms with Crippen LogP contribution in [0.4, 0.5) is 5.69 Å². The Labute approximate surface area is 116 Å². The molecular weight excluding hydrogens is 234 g/mol. The maximum Gasteiger partial charge on any atom is 0.101 e. The minimum atomic E-state index is 0.520. The summed E-state index contributed by atoms with van der Waals surface area (Å²) in [5.41, 5.74) is 3.02. The summed E-state index contributed by atoms with van der Waals surface area (Å²) >= 11 is 0. The van der Waals surface area contributed by atoms with Gasteiger partial charge in [-0.3, -0.25) is 0 Å². The molecule has 1 aromatic carbocycles. The molecule has 0 radical (unpaired) electrons. The Hall–Kier alpha value is -1.53. The van der Waals surface area contributed by atoms with Crippen LogP contribution in [-0.2, 0) is 6.54 Å². The fourth-order valence-corrected chi connectivity index (χ4v) is 2.47. The molecule has 0 heterocycles. The summed E-state index contributed by atoms with van der Waals surface area (Å²) < 4.78 is 0. The summed E-state index contributed by atoms with van der Waals surface area (Å²) in [5.74, 6) is 0.804. The molecule has 1 aliphatic carbocycles. The zero-order valence-electron chi connectivity index (χ0n) is 12.1. The number of nitrogens with zero attached hydrogens (tertiary/aromatic N) is 2. The van der Waals surface area contributed by atoms with E-state index in [1.54, 1.807) is 0 Å². The van der Waals surface area contributed by atoms with E-state index in [2.05, 4.69) is 49.3 Å². The Kier molecular flexibility index (Phi) is 4.44. The summed E-state index contributed by atoms with van der Waals surface area (Å²) in [5, 5.41) is 12.6. The third-order valence-corrected chi connectivity index (χ3v) is 4.06. The summed E-state index contributed by atoms with van der Waals surface area (Å²) in [6.07, 6.45) is 2.65. The highest BCUT2D eigenvalue weighted by Crippen LogP contribution is 2.37. The number of benzene rings is 1. The van der Waals surface area contributed by atoms with Gasteiger partial charge in [0.2, 0.25) is 0 Å². The first-order valence-electron chi connectivity index (χ1n) is 7.14. The van der Waals surface area contributed by atoms with E-state index in [9.17, 15) is 5.26 Å². The number of nitriles is 1. The van der Waals surface area contributed by atoms with Crippen molar-refractivity contribution in [2.75, 3.05) is 18.5 Å². The van der Waals surface area contributed by atoms with Crippen LogP contribution in [0, 0.1) is 17.2 Å². The van der Waals surface area contributed by atoms with Crippen LogP contribution in [0.25, 0.3) is 0 Å². The Morgan fingerprint density at radius 3 is 2.79 bits per heavy atom. The highest BCUT2D eigenvalue weighted by molar-refractivity contribution is 5.60. The molecule has 102 valence electrons. The first-order chi connectivity index (χ1) is 9.17. The van der Waals surface area contributed by atoms with Crippen molar-refractivity contribution in [1.82, 2.24) is 5.32 Å². The van der Waals surface area contributed by atoms with Gasteiger partial charge in [0, 0.05) is 19.6 Å². The van der Waals surface area contributed by atoms with E-state index in [0.29, 0.717) is 6.04 Å². The van der Waals surface area contributed by atoms with E-state index in [0.717, 1.165) is 30.3 Å². The van der Waals surface area contributed by atoms with E-state index in [-0.39, 0.29) is 0 Å². The highest BCUT2D eigenvalue weighted by Gasteiger charge is 2.31. The van der Waals surface area contributed by atoms with Crippen LogP contribution in [0.3, 0.4) is 0 Å². The summed E-state index contributed by atoms with van der Waals surface area (Å²) in [7, 11) is 2.10. The van der Waals surface area contributed by atoms with E-state index in [1.165, 1.54) is 18.4 Å². The van der Waals surface area contributed by atoms with Crippen molar-refractivity contribution in [2.24, 2.45) is 5.92 Å². The van der Waals surface area contributed by atoms with Crippen LogP contribution >= 0.6 is 0 Å². The van der Waals surface area contributed by atoms with Gasteiger partial charge in [0.1, 0.15) is 6.07 Å². The number of anilines is 1. The average Bonchev–Trinajstić information content (AvgIpc) is 3.27. The molecular formula is C16H23N3. The van der Waals surface area contributed by atoms with Crippen molar-refractivity contribution in [2.45, 2.75) is 39.3 Å². The van der Waals surface area contributed by atoms with E-state index < -0.39 is 0 Å². The van der Waals surface area contributed by atoms with E-state index >= 15 is 0 Å². The zero-order valence-corrected chi connectivity index (χ0v) is 12.1. The van der Waals surface area contributed by atoms with Gasteiger partial charge in [-0.1, -0.05) is 13.0 Å². The monoisotopic (exact) mass is 257 g/mol. The Morgan fingerprint density at radius 2 is 2.21 bits per heavy atom. The molecule has 3 nitrogen and oxygen atoms in total. The molecule has 0 amide bonds. The predicted molar refractivity (Wildman–Crippen MR) is 79.1 cm³/mol. The molecule has 1 aliphatic rings. The lowest BCUT2D eigenvalue weighted by Gasteiger charge is -2.28. The number of rotatable bonds is 6. The maximum absolute atomic E-state index is 9.36. The fraction of sp³-hybridized carbons (Fsp3) is 0.562. The van der Waals surface area contributed by atoms with Gasteiger partial charge in [0.25, 0.3) is 0 Å². The Balaban J connectivity index is 2.17.